The molecule has 0 saturated carbocycles. The lowest BCUT2D eigenvalue weighted by molar-refractivity contribution is -0.141. The van der Waals surface area contributed by atoms with Gasteiger partial charge in [0.1, 0.15) is 0 Å². The van der Waals surface area contributed by atoms with E-state index in [1.807, 2.05) is 0 Å². The molecule has 1 aliphatic heterocycles. The summed E-state index contributed by atoms with van der Waals surface area (Å²) in [6.45, 7) is 6.90. The Balaban J connectivity index is 2.25. The van der Waals surface area contributed by atoms with E-state index >= 15 is 0 Å². The summed E-state index contributed by atoms with van der Waals surface area (Å²) in [5.74, 6) is -0.0969. The summed E-state index contributed by atoms with van der Waals surface area (Å²) in [5.41, 5.74) is 0. The van der Waals surface area contributed by atoms with Crippen molar-refractivity contribution in [2.24, 2.45) is 11.8 Å². The van der Waals surface area contributed by atoms with Crippen molar-refractivity contribution < 1.29 is 9.90 Å². The maximum absolute atomic E-state index is 10.7. The topological polar surface area (TPSA) is 40.5 Å². The molecule has 0 spiro atoms. The Labute approximate surface area is 86.1 Å². The van der Waals surface area contributed by atoms with Gasteiger partial charge >= 0.3 is 5.97 Å². The number of hydrogen-bond donors (Lipinski definition) is 1. The van der Waals surface area contributed by atoms with Gasteiger partial charge in [0.2, 0.25) is 0 Å². The van der Waals surface area contributed by atoms with E-state index in [0.29, 0.717) is 0 Å². The van der Waals surface area contributed by atoms with Gasteiger partial charge in [0.15, 0.2) is 0 Å². The Morgan fingerprint density at radius 3 is 2.93 bits per heavy atom. The van der Waals surface area contributed by atoms with Crippen LogP contribution in [0.5, 0.6) is 0 Å². The number of carboxylic acid groups (broad SMARTS) is 1. The van der Waals surface area contributed by atoms with Crippen molar-refractivity contribution in [3.8, 4) is 0 Å². The van der Waals surface area contributed by atoms with Crippen molar-refractivity contribution in [3.05, 3.63) is 0 Å². The lowest BCUT2D eigenvalue weighted by Gasteiger charge is -2.18. The SMILES string of the molecule is CCCC1CCN(CC(C)C(=O)O)C1. The normalized spacial score (nSPS) is 25.1. The van der Waals surface area contributed by atoms with Crippen molar-refractivity contribution in [1.82, 2.24) is 4.90 Å². The zero-order valence-electron chi connectivity index (χ0n) is 9.20. The van der Waals surface area contributed by atoms with Crippen LogP contribution < -0.4 is 0 Å². The van der Waals surface area contributed by atoms with E-state index in [9.17, 15) is 4.79 Å². The number of aliphatic carboxylic acids is 1. The van der Waals surface area contributed by atoms with Crippen LogP contribution in [-0.2, 0) is 4.79 Å². The number of rotatable bonds is 5. The molecule has 1 rings (SSSR count). The summed E-state index contributed by atoms with van der Waals surface area (Å²) in [6, 6.07) is 0. The van der Waals surface area contributed by atoms with Crippen LogP contribution in [0.4, 0.5) is 0 Å². The van der Waals surface area contributed by atoms with Crippen LogP contribution >= 0.6 is 0 Å². The van der Waals surface area contributed by atoms with Gasteiger partial charge < -0.3 is 10.0 Å². The zero-order valence-corrected chi connectivity index (χ0v) is 9.20. The molecular formula is C11H21NO2. The molecule has 14 heavy (non-hydrogen) atoms. The molecule has 2 atom stereocenters. The lowest BCUT2D eigenvalue weighted by atomic mass is 10.0. The van der Waals surface area contributed by atoms with Gasteiger partial charge in [-0.1, -0.05) is 20.3 Å². The first kappa shape index (κ1) is 11.5. The number of carboxylic acids is 1. The van der Waals surface area contributed by atoms with E-state index < -0.39 is 5.97 Å². The number of likely N-dealkylation sites (tertiary alicyclic amines) is 1. The van der Waals surface area contributed by atoms with Gasteiger partial charge in [0, 0.05) is 13.1 Å². The summed E-state index contributed by atoms with van der Waals surface area (Å²) >= 11 is 0. The summed E-state index contributed by atoms with van der Waals surface area (Å²) in [5, 5.41) is 8.78. The summed E-state index contributed by atoms with van der Waals surface area (Å²) in [7, 11) is 0. The van der Waals surface area contributed by atoms with Crippen molar-refractivity contribution in [2.45, 2.75) is 33.1 Å². The molecule has 1 fully saturated rings. The molecule has 3 heteroatoms. The average molecular weight is 199 g/mol. The molecule has 3 nitrogen and oxygen atoms in total. The highest BCUT2D eigenvalue weighted by molar-refractivity contribution is 5.69. The van der Waals surface area contributed by atoms with E-state index in [0.717, 1.165) is 25.6 Å². The maximum Gasteiger partial charge on any atom is 0.307 e. The summed E-state index contributed by atoms with van der Waals surface area (Å²) in [4.78, 5) is 13.0. The Bertz CT molecular complexity index is 194. The summed E-state index contributed by atoms with van der Waals surface area (Å²) < 4.78 is 0. The largest absolute Gasteiger partial charge is 0.481 e. The van der Waals surface area contributed by atoms with Gasteiger partial charge in [0.05, 0.1) is 5.92 Å². The molecule has 2 unspecified atom stereocenters. The molecule has 0 aromatic rings. The standard InChI is InChI=1S/C11H21NO2/c1-3-4-10-5-6-12(8-10)7-9(2)11(13)14/h9-10H,3-8H2,1-2H3,(H,13,14). The minimum Gasteiger partial charge on any atom is -0.481 e. The van der Waals surface area contributed by atoms with Crippen molar-refractivity contribution in [3.63, 3.8) is 0 Å². The molecule has 0 amide bonds. The van der Waals surface area contributed by atoms with Crippen LogP contribution in [-0.4, -0.2) is 35.6 Å². The molecule has 0 aliphatic carbocycles. The number of nitrogens with zero attached hydrogens (tertiary/aromatic N) is 1. The fourth-order valence-corrected chi connectivity index (χ4v) is 2.19. The monoisotopic (exact) mass is 199 g/mol. The third-order valence-corrected chi connectivity index (χ3v) is 3.02. The maximum atomic E-state index is 10.7. The van der Waals surface area contributed by atoms with Crippen LogP contribution in [0.3, 0.4) is 0 Å². The van der Waals surface area contributed by atoms with Crippen molar-refractivity contribution in [2.75, 3.05) is 19.6 Å². The third kappa shape index (κ3) is 3.29. The van der Waals surface area contributed by atoms with Crippen LogP contribution in [0, 0.1) is 11.8 Å². The predicted octanol–water partition coefficient (Wildman–Crippen LogP) is 1.83. The first-order valence-electron chi connectivity index (χ1n) is 5.58. The lowest BCUT2D eigenvalue weighted by Crippen LogP contribution is -2.30. The minimum atomic E-state index is -0.677. The van der Waals surface area contributed by atoms with Gasteiger partial charge in [-0.2, -0.15) is 0 Å². The van der Waals surface area contributed by atoms with E-state index in [2.05, 4.69) is 11.8 Å². The molecule has 0 aromatic carbocycles. The first-order valence-corrected chi connectivity index (χ1v) is 5.58. The minimum absolute atomic E-state index is 0.227. The van der Waals surface area contributed by atoms with Crippen LogP contribution in [0.15, 0.2) is 0 Å². The Kier molecular flexibility index (Phi) is 4.39. The zero-order chi connectivity index (χ0) is 10.6. The number of carbonyl (C=O) groups is 1. The molecule has 1 aliphatic rings. The second-order valence-corrected chi connectivity index (χ2v) is 4.44. The van der Waals surface area contributed by atoms with Crippen LogP contribution in [0.25, 0.3) is 0 Å². The second kappa shape index (κ2) is 5.35. The molecule has 1 heterocycles. The quantitative estimate of drug-likeness (QED) is 0.734. The van der Waals surface area contributed by atoms with Crippen molar-refractivity contribution >= 4 is 5.97 Å². The van der Waals surface area contributed by atoms with Crippen molar-refractivity contribution in [1.29, 1.82) is 0 Å². The second-order valence-electron chi connectivity index (χ2n) is 4.44. The predicted molar refractivity (Wildman–Crippen MR) is 56.3 cm³/mol. The smallest absolute Gasteiger partial charge is 0.307 e. The van der Waals surface area contributed by atoms with Crippen LogP contribution in [0.2, 0.25) is 0 Å². The number of hydrogen-bond acceptors (Lipinski definition) is 2. The molecule has 1 N–H and O–H groups in total. The average Bonchev–Trinajstić information content (AvgIpc) is 2.53. The highest BCUT2D eigenvalue weighted by Crippen LogP contribution is 2.21. The van der Waals surface area contributed by atoms with E-state index in [-0.39, 0.29) is 5.92 Å². The third-order valence-electron chi connectivity index (χ3n) is 3.02. The van der Waals surface area contributed by atoms with Gasteiger partial charge in [-0.25, -0.2) is 0 Å². The van der Waals surface area contributed by atoms with E-state index in [4.69, 9.17) is 5.11 Å². The van der Waals surface area contributed by atoms with Crippen LogP contribution in [0.1, 0.15) is 33.1 Å². The molecule has 82 valence electrons. The fourth-order valence-electron chi connectivity index (χ4n) is 2.19. The molecule has 1 saturated heterocycles. The molecule has 0 aromatic heterocycles. The Morgan fingerprint density at radius 1 is 1.64 bits per heavy atom. The van der Waals surface area contributed by atoms with E-state index in [1.165, 1.54) is 19.3 Å². The Hall–Kier alpha value is -0.570. The molecular weight excluding hydrogens is 178 g/mol. The first-order chi connectivity index (χ1) is 6.63. The highest BCUT2D eigenvalue weighted by atomic mass is 16.4. The van der Waals surface area contributed by atoms with Gasteiger partial charge in [-0.15, -0.1) is 0 Å². The van der Waals surface area contributed by atoms with Gasteiger partial charge in [-0.05, 0) is 25.3 Å². The Morgan fingerprint density at radius 2 is 2.36 bits per heavy atom. The fraction of sp³-hybridized carbons (Fsp3) is 0.909. The molecule has 0 radical (unpaired) electrons. The molecule has 0 bridgehead atoms. The highest BCUT2D eigenvalue weighted by Gasteiger charge is 2.24. The van der Waals surface area contributed by atoms with Gasteiger partial charge in [0.25, 0.3) is 0 Å². The summed E-state index contributed by atoms with van der Waals surface area (Å²) in [6.07, 6.45) is 3.78. The van der Waals surface area contributed by atoms with Gasteiger partial charge in [-0.3, -0.25) is 4.79 Å². The van der Waals surface area contributed by atoms with E-state index in [1.54, 1.807) is 6.92 Å².